The van der Waals surface area contributed by atoms with Gasteiger partial charge in [-0.05, 0) is 50.9 Å². The molecule has 3 heterocycles. The van der Waals surface area contributed by atoms with Gasteiger partial charge in [0.1, 0.15) is 18.1 Å². The fourth-order valence-corrected chi connectivity index (χ4v) is 8.72. The number of carboxylic acids is 1. The summed E-state index contributed by atoms with van der Waals surface area (Å²) in [5.74, 6) is -7.24. The SMILES string of the molecule is CC(C)CC(CC(=O)NO)C(=O)N[C@@H](Cc1cnc[nH]1)C(=O)N[C@@H](CCC(=O)O)C(=O)NCC(=O)NCC(=O)N[C@@H](CCCCNC(=O)CCCC[C@@H]1SC[C@@H]2NC(=O)N[C@@H]21)C(N)=O. The molecule has 356 valence electrons. The van der Waals surface area contributed by atoms with E-state index in [1.54, 1.807) is 0 Å². The second kappa shape index (κ2) is 27.3. The van der Waals surface area contributed by atoms with Gasteiger partial charge in [0.15, 0.2) is 0 Å². The van der Waals surface area contributed by atoms with Gasteiger partial charge in [-0.3, -0.25) is 48.4 Å². The fraction of sp³-hybridized carbons (Fsp3) is 0.667. The number of nitrogens with zero attached hydrogens (tertiary/aromatic N) is 1. The summed E-state index contributed by atoms with van der Waals surface area (Å²) < 4.78 is 0. The van der Waals surface area contributed by atoms with E-state index in [0.717, 1.165) is 18.6 Å². The molecule has 0 aromatic carbocycles. The smallest absolute Gasteiger partial charge is 0.315 e. The van der Waals surface area contributed by atoms with Crippen LogP contribution < -0.4 is 53.7 Å². The number of imidazole rings is 1. The summed E-state index contributed by atoms with van der Waals surface area (Å²) in [5.41, 5.74) is 7.37. The normalized spacial score (nSPS) is 18.2. The number of fused-ring (bicyclic) bond motifs is 1. The van der Waals surface area contributed by atoms with Crippen molar-refractivity contribution in [3.05, 3.63) is 18.2 Å². The van der Waals surface area contributed by atoms with Crippen LogP contribution in [0.15, 0.2) is 12.5 Å². The second-order valence-electron chi connectivity index (χ2n) is 16.1. The number of hydroxylamine groups is 1. The number of nitrogens with two attached hydrogens (primary N) is 1. The zero-order chi connectivity index (χ0) is 47.2. The number of aliphatic carboxylic acids is 1. The minimum atomic E-state index is -1.49. The first kappa shape index (κ1) is 52.4. The molecule has 2 aliphatic rings. The molecule has 1 aromatic rings. The quantitative estimate of drug-likeness (QED) is 0.0165. The first-order chi connectivity index (χ1) is 30.4. The van der Waals surface area contributed by atoms with Crippen molar-refractivity contribution in [2.45, 2.75) is 126 Å². The number of nitrogens with one attached hydrogen (secondary N) is 10. The van der Waals surface area contributed by atoms with E-state index in [2.05, 4.69) is 52.5 Å². The molecule has 1 unspecified atom stereocenters. The maximum absolute atomic E-state index is 13.6. The van der Waals surface area contributed by atoms with Crippen molar-refractivity contribution in [1.29, 1.82) is 0 Å². The number of urea groups is 1. The minimum Gasteiger partial charge on any atom is -0.481 e. The van der Waals surface area contributed by atoms with E-state index in [9.17, 15) is 53.1 Å². The zero-order valence-electron chi connectivity index (χ0n) is 36.0. The number of unbranched alkanes of at least 4 members (excludes halogenated alkanes) is 2. The van der Waals surface area contributed by atoms with E-state index in [0.29, 0.717) is 43.2 Å². The predicted molar refractivity (Wildman–Crippen MR) is 228 cm³/mol. The van der Waals surface area contributed by atoms with Crippen molar-refractivity contribution >= 4 is 71.0 Å². The van der Waals surface area contributed by atoms with Crippen LogP contribution in [0.3, 0.4) is 0 Å². The highest BCUT2D eigenvalue weighted by Gasteiger charge is 2.42. The second-order valence-corrected chi connectivity index (χ2v) is 17.4. The Morgan fingerprint density at radius 1 is 0.812 bits per heavy atom. The molecule has 0 aliphatic carbocycles. The van der Waals surface area contributed by atoms with Gasteiger partial charge in [0, 0.05) is 61.0 Å². The Kier molecular flexibility index (Phi) is 22.3. The van der Waals surface area contributed by atoms with Crippen molar-refractivity contribution in [2.75, 3.05) is 25.4 Å². The fourth-order valence-electron chi connectivity index (χ4n) is 7.17. The van der Waals surface area contributed by atoms with Crippen LogP contribution in [0.1, 0.15) is 90.2 Å². The molecule has 0 radical (unpaired) electrons. The first-order valence-electron chi connectivity index (χ1n) is 21.3. The van der Waals surface area contributed by atoms with Gasteiger partial charge in [-0.1, -0.05) is 20.3 Å². The summed E-state index contributed by atoms with van der Waals surface area (Å²) in [6.07, 6.45) is 5.41. The molecule has 25 heteroatoms. The summed E-state index contributed by atoms with van der Waals surface area (Å²) in [6.45, 7) is 2.71. The third-order valence-corrected chi connectivity index (χ3v) is 12.0. The lowest BCUT2D eigenvalue weighted by atomic mass is 9.92. The number of carboxylic acid groups (broad SMARTS) is 1. The first-order valence-corrected chi connectivity index (χ1v) is 22.3. The molecule has 10 amide bonds. The topological polar surface area (TPSA) is 374 Å². The number of primary amides is 1. The Morgan fingerprint density at radius 3 is 2.22 bits per heavy atom. The highest BCUT2D eigenvalue weighted by atomic mass is 32.2. The van der Waals surface area contributed by atoms with Crippen molar-refractivity contribution in [3.8, 4) is 0 Å². The molecule has 14 N–H and O–H groups in total. The van der Waals surface area contributed by atoms with Gasteiger partial charge in [-0.25, -0.2) is 15.3 Å². The molecule has 64 heavy (non-hydrogen) atoms. The predicted octanol–water partition coefficient (Wildman–Crippen LogP) is -2.44. The Bertz CT molecular complexity index is 1780. The maximum atomic E-state index is 13.6. The molecular weight excluding hydrogens is 861 g/mol. The highest BCUT2D eigenvalue weighted by Crippen LogP contribution is 2.33. The van der Waals surface area contributed by atoms with Crippen LogP contribution in [0.5, 0.6) is 0 Å². The molecule has 2 aliphatic heterocycles. The number of hydrogen-bond acceptors (Lipinski definition) is 13. The number of H-pyrrole nitrogens is 1. The molecule has 7 atom stereocenters. The molecular formula is C39H62N12O12S. The Labute approximate surface area is 374 Å². The van der Waals surface area contributed by atoms with Gasteiger partial charge in [0.05, 0.1) is 31.5 Å². The van der Waals surface area contributed by atoms with Crippen LogP contribution in [0.25, 0.3) is 0 Å². The maximum Gasteiger partial charge on any atom is 0.315 e. The van der Waals surface area contributed by atoms with Crippen LogP contribution in [0.2, 0.25) is 0 Å². The third-order valence-electron chi connectivity index (χ3n) is 10.4. The van der Waals surface area contributed by atoms with Gasteiger partial charge in [-0.15, -0.1) is 0 Å². The lowest BCUT2D eigenvalue weighted by Gasteiger charge is -2.25. The molecule has 0 saturated carbocycles. The number of aromatic nitrogens is 2. The number of carbonyl (C=O) groups excluding carboxylic acids is 9. The summed E-state index contributed by atoms with van der Waals surface area (Å²) in [7, 11) is 0. The van der Waals surface area contributed by atoms with E-state index in [4.69, 9.17) is 10.9 Å². The molecule has 2 saturated heterocycles. The molecule has 24 nitrogen and oxygen atoms in total. The Hall–Kier alpha value is -5.98. The summed E-state index contributed by atoms with van der Waals surface area (Å²) >= 11 is 1.82. The average Bonchev–Trinajstić information content (AvgIpc) is 3.99. The van der Waals surface area contributed by atoms with Crippen LogP contribution in [-0.4, -0.2) is 140 Å². The lowest BCUT2D eigenvalue weighted by molar-refractivity contribution is -0.138. The van der Waals surface area contributed by atoms with Gasteiger partial charge < -0.3 is 58.4 Å². The van der Waals surface area contributed by atoms with E-state index < -0.39 is 97.3 Å². The number of hydrogen-bond donors (Lipinski definition) is 13. The number of thioether (sulfide) groups is 1. The minimum absolute atomic E-state index is 0.0476. The summed E-state index contributed by atoms with van der Waals surface area (Å²) in [5, 5.41) is 39.4. The van der Waals surface area contributed by atoms with Crippen LogP contribution in [0, 0.1) is 11.8 Å². The van der Waals surface area contributed by atoms with Crippen molar-refractivity contribution in [1.82, 2.24) is 58.0 Å². The molecule has 2 fully saturated rings. The van der Waals surface area contributed by atoms with Gasteiger partial charge in [0.2, 0.25) is 47.3 Å². The van der Waals surface area contributed by atoms with Crippen LogP contribution in [0.4, 0.5) is 4.79 Å². The van der Waals surface area contributed by atoms with Gasteiger partial charge in [0.25, 0.3) is 0 Å². The molecule has 3 rings (SSSR count). The third kappa shape index (κ3) is 19.2. The molecule has 1 aromatic heterocycles. The standard InChI is InChI=1S/C39H62N12O12S/c1-21(2)13-22(14-30(53)51-63)36(59)48-26(15-23-16-41-20-45-23)38(61)47-25(10-11-33(56)57)37(60)44-17-31(54)43-18-32(55)46-24(35(40)58)7-5-6-12-42-29(52)9-4-3-8-28-34-27(19-64-28)49-39(62)50-34/h16,20-22,24-28,34,63H,3-15,17-19H2,1-2H3,(H2,40,58)(H,41,45)(H,42,52)(H,43,54)(H,44,60)(H,46,55)(H,47,61)(H,48,59)(H,51,53)(H,56,57)(H2,49,50,62)/t22?,24-,25-,26-,27-,28-,34-/m0/s1. The van der Waals surface area contributed by atoms with E-state index in [1.165, 1.54) is 18.0 Å². The van der Waals surface area contributed by atoms with Gasteiger partial charge in [-0.2, -0.15) is 11.8 Å². The number of amides is 10. The zero-order valence-corrected chi connectivity index (χ0v) is 36.8. The summed E-state index contributed by atoms with van der Waals surface area (Å²) in [4.78, 5) is 131. The molecule has 0 spiro atoms. The average molecular weight is 923 g/mol. The van der Waals surface area contributed by atoms with E-state index in [-0.39, 0.29) is 55.6 Å². The van der Waals surface area contributed by atoms with Crippen LogP contribution in [-0.2, 0) is 49.6 Å². The Balaban J connectivity index is 1.41. The summed E-state index contributed by atoms with van der Waals surface area (Å²) in [6, 6.07) is -3.75. The molecule has 0 bridgehead atoms. The van der Waals surface area contributed by atoms with E-state index in [1.807, 2.05) is 25.6 Å². The number of aromatic amines is 1. The Morgan fingerprint density at radius 2 is 1.55 bits per heavy atom. The van der Waals surface area contributed by atoms with Crippen molar-refractivity contribution < 1.29 is 58.3 Å². The lowest BCUT2D eigenvalue weighted by Crippen LogP contribution is -2.56. The van der Waals surface area contributed by atoms with Crippen molar-refractivity contribution in [3.63, 3.8) is 0 Å². The largest absolute Gasteiger partial charge is 0.481 e. The van der Waals surface area contributed by atoms with E-state index >= 15 is 0 Å². The van der Waals surface area contributed by atoms with Crippen molar-refractivity contribution in [2.24, 2.45) is 17.6 Å². The monoisotopic (exact) mass is 922 g/mol. The number of carbonyl (C=O) groups is 10. The van der Waals surface area contributed by atoms with Gasteiger partial charge >= 0.3 is 12.0 Å². The highest BCUT2D eigenvalue weighted by molar-refractivity contribution is 8.00. The number of rotatable bonds is 30. The van der Waals surface area contributed by atoms with Crippen LogP contribution >= 0.6 is 11.8 Å².